The highest BCUT2D eigenvalue weighted by Gasteiger charge is 2.20. The molecular weight excluding hydrogens is 342 g/mol. The average Bonchev–Trinajstić information content (AvgIpc) is 2.94. The molecule has 0 aliphatic carbocycles. The molecule has 3 rings (SSSR count). The van der Waals surface area contributed by atoms with Crippen LogP contribution in [0.4, 0.5) is 0 Å². The van der Waals surface area contributed by atoms with Crippen LogP contribution in [0.2, 0.25) is 0 Å². The summed E-state index contributed by atoms with van der Waals surface area (Å²) in [6.07, 6.45) is 4.29. The Hall–Kier alpha value is -2.44. The van der Waals surface area contributed by atoms with Gasteiger partial charge in [0.1, 0.15) is 5.75 Å². The Labute approximate surface area is 160 Å². The number of nitrogens with zero attached hydrogens (tertiary/aromatic N) is 3. The zero-order valence-electron chi connectivity index (χ0n) is 16.1. The second-order valence-corrected chi connectivity index (χ2v) is 6.74. The molecule has 0 bridgehead atoms. The highest BCUT2D eigenvalue weighted by molar-refractivity contribution is 5.93. The van der Waals surface area contributed by atoms with Crippen molar-refractivity contribution in [1.82, 2.24) is 14.8 Å². The van der Waals surface area contributed by atoms with E-state index in [1.54, 1.807) is 32.7 Å². The van der Waals surface area contributed by atoms with E-state index in [2.05, 4.69) is 22.0 Å². The summed E-state index contributed by atoms with van der Waals surface area (Å²) >= 11 is 0. The minimum absolute atomic E-state index is 0.0665. The Morgan fingerprint density at radius 1 is 1.15 bits per heavy atom. The van der Waals surface area contributed by atoms with E-state index in [0.717, 1.165) is 50.5 Å². The zero-order valence-corrected chi connectivity index (χ0v) is 16.1. The van der Waals surface area contributed by atoms with Gasteiger partial charge < -0.3 is 14.4 Å². The molecule has 1 fully saturated rings. The monoisotopic (exact) mass is 369 g/mol. The van der Waals surface area contributed by atoms with Crippen LogP contribution in [0.5, 0.6) is 5.75 Å². The van der Waals surface area contributed by atoms with E-state index in [9.17, 15) is 4.79 Å². The van der Waals surface area contributed by atoms with Crippen LogP contribution in [0.15, 0.2) is 42.7 Å². The molecule has 0 atom stereocenters. The van der Waals surface area contributed by atoms with Crippen molar-refractivity contribution in [3.05, 3.63) is 59.4 Å². The lowest BCUT2D eigenvalue weighted by atomic mass is 10.1. The molecule has 2 heterocycles. The summed E-state index contributed by atoms with van der Waals surface area (Å²) < 4.78 is 10.7. The molecular formula is C21H27N3O3. The summed E-state index contributed by atoms with van der Waals surface area (Å²) in [6, 6.07) is 9.87. The molecule has 1 aliphatic heterocycles. The number of hydrogen-bond acceptors (Lipinski definition) is 5. The van der Waals surface area contributed by atoms with E-state index in [4.69, 9.17) is 9.47 Å². The van der Waals surface area contributed by atoms with Crippen LogP contribution in [0.1, 0.15) is 27.9 Å². The summed E-state index contributed by atoms with van der Waals surface area (Å²) in [5.74, 6) is 0.918. The first-order valence-corrected chi connectivity index (χ1v) is 9.27. The van der Waals surface area contributed by atoms with Gasteiger partial charge in [0.25, 0.3) is 5.91 Å². The average molecular weight is 369 g/mol. The maximum atomic E-state index is 12.6. The van der Waals surface area contributed by atoms with E-state index in [0.29, 0.717) is 12.2 Å². The number of carbonyl (C=O) groups is 1. The van der Waals surface area contributed by atoms with Crippen molar-refractivity contribution in [1.29, 1.82) is 0 Å². The van der Waals surface area contributed by atoms with E-state index in [-0.39, 0.29) is 5.91 Å². The van der Waals surface area contributed by atoms with Crippen LogP contribution in [0.3, 0.4) is 0 Å². The smallest absolute Gasteiger partial charge is 0.255 e. The van der Waals surface area contributed by atoms with Crippen molar-refractivity contribution in [2.45, 2.75) is 19.6 Å². The minimum atomic E-state index is 0.0665. The molecule has 0 saturated carbocycles. The van der Waals surface area contributed by atoms with Crippen molar-refractivity contribution in [3.63, 3.8) is 0 Å². The second-order valence-electron chi connectivity index (χ2n) is 6.74. The lowest BCUT2D eigenvalue weighted by Gasteiger charge is -2.22. The summed E-state index contributed by atoms with van der Waals surface area (Å²) in [4.78, 5) is 21.0. The Bertz CT molecular complexity index is 752. The van der Waals surface area contributed by atoms with Crippen LogP contribution in [-0.4, -0.2) is 61.1 Å². The van der Waals surface area contributed by atoms with Crippen LogP contribution >= 0.6 is 0 Å². The van der Waals surface area contributed by atoms with Crippen molar-refractivity contribution in [2.75, 3.05) is 40.4 Å². The number of aromatic nitrogens is 1. The third kappa shape index (κ3) is 5.05. The largest absolute Gasteiger partial charge is 0.496 e. The summed E-state index contributed by atoms with van der Waals surface area (Å²) in [6.45, 7) is 4.73. The lowest BCUT2D eigenvalue weighted by Crippen LogP contribution is -2.35. The van der Waals surface area contributed by atoms with E-state index in [1.807, 2.05) is 17.0 Å². The van der Waals surface area contributed by atoms with Gasteiger partial charge in [-0.05, 0) is 36.2 Å². The SMILES string of the molecule is COCc1cc(CN2CCCN(C(=O)c3cccnc3)CC2)ccc1OC. The Kier molecular flexibility index (Phi) is 6.79. The highest BCUT2D eigenvalue weighted by atomic mass is 16.5. The molecule has 6 heteroatoms. The van der Waals surface area contributed by atoms with Crippen molar-refractivity contribution < 1.29 is 14.3 Å². The van der Waals surface area contributed by atoms with Gasteiger partial charge in [-0.25, -0.2) is 0 Å². The van der Waals surface area contributed by atoms with Crippen molar-refractivity contribution in [2.24, 2.45) is 0 Å². The van der Waals surface area contributed by atoms with Gasteiger partial charge in [-0.2, -0.15) is 0 Å². The first-order valence-electron chi connectivity index (χ1n) is 9.27. The third-order valence-electron chi connectivity index (χ3n) is 4.84. The Morgan fingerprint density at radius 3 is 2.78 bits per heavy atom. The number of amides is 1. The molecule has 27 heavy (non-hydrogen) atoms. The molecule has 0 spiro atoms. The van der Waals surface area contributed by atoms with Crippen LogP contribution in [0, 0.1) is 0 Å². The van der Waals surface area contributed by atoms with Gasteiger partial charge in [0.2, 0.25) is 0 Å². The molecule has 144 valence electrons. The second kappa shape index (κ2) is 9.48. The summed E-state index contributed by atoms with van der Waals surface area (Å²) in [5.41, 5.74) is 2.95. The normalized spacial score (nSPS) is 15.4. The predicted molar refractivity (Wildman–Crippen MR) is 104 cm³/mol. The van der Waals surface area contributed by atoms with Crippen LogP contribution < -0.4 is 4.74 Å². The van der Waals surface area contributed by atoms with Gasteiger partial charge >= 0.3 is 0 Å². The fourth-order valence-corrected chi connectivity index (χ4v) is 3.46. The molecule has 6 nitrogen and oxygen atoms in total. The topological polar surface area (TPSA) is 54.9 Å². The fraction of sp³-hybridized carbons (Fsp3) is 0.429. The quantitative estimate of drug-likeness (QED) is 0.783. The molecule has 1 aromatic carbocycles. The predicted octanol–water partition coefficient (Wildman–Crippen LogP) is 2.58. The minimum Gasteiger partial charge on any atom is -0.496 e. The van der Waals surface area contributed by atoms with Crippen molar-refractivity contribution in [3.8, 4) is 5.75 Å². The van der Waals surface area contributed by atoms with Gasteiger partial charge in [0, 0.05) is 57.8 Å². The van der Waals surface area contributed by atoms with Gasteiger partial charge in [0.15, 0.2) is 0 Å². The molecule has 0 radical (unpaired) electrons. The van der Waals surface area contributed by atoms with Gasteiger partial charge in [-0.1, -0.05) is 6.07 Å². The molecule has 1 saturated heterocycles. The van der Waals surface area contributed by atoms with E-state index in [1.165, 1.54) is 5.56 Å². The molecule has 1 aliphatic rings. The summed E-state index contributed by atoms with van der Waals surface area (Å²) in [5, 5.41) is 0. The van der Waals surface area contributed by atoms with Gasteiger partial charge in [-0.15, -0.1) is 0 Å². The first-order chi connectivity index (χ1) is 13.2. The molecule has 2 aromatic rings. The van der Waals surface area contributed by atoms with Crippen molar-refractivity contribution >= 4 is 5.91 Å². The first kappa shape index (κ1) is 19.3. The number of methoxy groups -OCH3 is 2. The zero-order chi connectivity index (χ0) is 19.1. The van der Waals surface area contributed by atoms with Crippen LogP contribution in [0.25, 0.3) is 0 Å². The Morgan fingerprint density at radius 2 is 2.04 bits per heavy atom. The standard InChI is InChI=1S/C21H27N3O3/c1-26-16-19-13-17(6-7-20(19)27-2)15-23-9-4-10-24(12-11-23)21(25)18-5-3-8-22-14-18/h3,5-8,13-14H,4,9-12,15-16H2,1-2H3. The fourth-order valence-electron chi connectivity index (χ4n) is 3.46. The maximum absolute atomic E-state index is 12.6. The highest BCUT2D eigenvalue weighted by Crippen LogP contribution is 2.22. The Balaban J connectivity index is 1.61. The number of hydrogen-bond donors (Lipinski definition) is 0. The number of rotatable bonds is 6. The summed E-state index contributed by atoms with van der Waals surface area (Å²) in [7, 11) is 3.37. The molecule has 1 amide bonds. The number of carbonyl (C=O) groups excluding carboxylic acids is 1. The molecule has 1 aromatic heterocycles. The third-order valence-corrected chi connectivity index (χ3v) is 4.84. The molecule has 0 N–H and O–H groups in total. The van der Waals surface area contributed by atoms with E-state index >= 15 is 0 Å². The lowest BCUT2D eigenvalue weighted by molar-refractivity contribution is 0.0760. The maximum Gasteiger partial charge on any atom is 0.255 e. The van der Waals surface area contributed by atoms with E-state index < -0.39 is 0 Å². The number of ether oxygens (including phenoxy) is 2. The number of benzene rings is 1. The number of pyridine rings is 1. The van der Waals surface area contributed by atoms with Gasteiger partial charge in [-0.3, -0.25) is 14.7 Å². The van der Waals surface area contributed by atoms with Crippen LogP contribution in [-0.2, 0) is 17.9 Å². The molecule has 0 unspecified atom stereocenters. The van der Waals surface area contributed by atoms with Gasteiger partial charge in [0.05, 0.1) is 19.3 Å².